The molecule has 1 saturated heterocycles. The van der Waals surface area contributed by atoms with Crippen LogP contribution in [0.4, 0.5) is 0 Å². The molecular weight excluding hydrogens is 258 g/mol. The van der Waals surface area contributed by atoms with Gasteiger partial charge in [-0.2, -0.15) is 0 Å². The van der Waals surface area contributed by atoms with Crippen molar-refractivity contribution in [3.63, 3.8) is 0 Å². The fourth-order valence-corrected chi connectivity index (χ4v) is 2.43. The Balaban J connectivity index is 1.96. The van der Waals surface area contributed by atoms with Crippen molar-refractivity contribution in [3.05, 3.63) is 23.2 Å². The molecule has 1 aliphatic rings. The van der Waals surface area contributed by atoms with Crippen molar-refractivity contribution < 1.29 is 14.0 Å². The lowest BCUT2D eigenvalue weighted by atomic mass is 10.1. The maximum atomic E-state index is 12.0. The molecule has 0 aliphatic carbocycles. The van der Waals surface area contributed by atoms with Crippen molar-refractivity contribution in [2.75, 3.05) is 26.2 Å². The number of nitrogens with one attached hydrogen (secondary N) is 2. The highest BCUT2D eigenvalue weighted by Crippen LogP contribution is 2.21. The van der Waals surface area contributed by atoms with E-state index in [0.29, 0.717) is 13.1 Å². The first-order chi connectivity index (χ1) is 9.49. The molecule has 20 heavy (non-hydrogen) atoms. The average molecular weight is 279 g/mol. The Hall–Kier alpha value is -1.82. The third-order valence-corrected chi connectivity index (χ3v) is 3.49. The molecule has 2 rings (SSSR count). The molecule has 2 heterocycles. The summed E-state index contributed by atoms with van der Waals surface area (Å²) >= 11 is 0. The van der Waals surface area contributed by atoms with E-state index in [1.54, 1.807) is 4.90 Å². The normalized spacial score (nSPS) is 16.9. The molecule has 0 aromatic carbocycles. The van der Waals surface area contributed by atoms with E-state index in [9.17, 15) is 9.59 Å². The van der Waals surface area contributed by atoms with Gasteiger partial charge in [0.1, 0.15) is 11.5 Å². The van der Waals surface area contributed by atoms with E-state index in [4.69, 9.17) is 4.42 Å². The Morgan fingerprint density at radius 1 is 1.35 bits per heavy atom. The van der Waals surface area contributed by atoms with E-state index in [2.05, 4.69) is 10.6 Å². The van der Waals surface area contributed by atoms with Gasteiger partial charge < -0.3 is 20.0 Å². The smallest absolute Gasteiger partial charge is 0.311 e. The van der Waals surface area contributed by atoms with Crippen molar-refractivity contribution >= 4 is 11.8 Å². The van der Waals surface area contributed by atoms with Crippen LogP contribution in [0.15, 0.2) is 10.5 Å². The molecular formula is C14H21N3O3. The summed E-state index contributed by atoms with van der Waals surface area (Å²) in [5.74, 6) is 0.547. The van der Waals surface area contributed by atoms with Gasteiger partial charge in [-0.3, -0.25) is 9.59 Å². The molecule has 0 bridgehead atoms. The van der Waals surface area contributed by atoms with E-state index in [1.165, 1.54) is 0 Å². The lowest BCUT2D eigenvalue weighted by Gasteiger charge is -2.27. The van der Waals surface area contributed by atoms with E-state index in [1.807, 2.05) is 26.8 Å². The Labute approximate surface area is 118 Å². The largest absolute Gasteiger partial charge is 0.466 e. The molecule has 0 saturated carbocycles. The van der Waals surface area contributed by atoms with Crippen LogP contribution >= 0.6 is 0 Å². The average Bonchev–Trinajstić information content (AvgIpc) is 2.78. The van der Waals surface area contributed by atoms with Crippen LogP contribution < -0.4 is 10.6 Å². The van der Waals surface area contributed by atoms with E-state index in [-0.39, 0.29) is 6.04 Å². The Morgan fingerprint density at radius 2 is 2.00 bits per heavy atom. The fraction of sp³-hybridized carbons (Fsp3) is 0.571. The number of carbonyl (C=O) groups excluding carboxylic acids is 2. The maximum Gasteiger partial charge on any atom is 0.311 e. The number of carbonyl (C=O) groups is 2. The first-order valence-corrected chi connectivity index (χ1v) is 6.86. The standard InChI is InChI=1S/C14H21N3O3/c1-9-8-12(11(3)20-9)10(2)16-13(18)14(19)17-6-4-15-5-7-17/h8,10,15H,4-7H2,1-3H3,(H,16,18). The molecule has 2 amide bonds. The summed E-state index contributed by atoms with van der Waals surface area (Å²) in [4.78, 5) is 25.6. The van der Waals surface area contributed by atoms with Gasteiger partial charge in [-0.1, -0.05) is 0 Å². The summed E-state index contributed by atoms with van der Waals surface area (Å²) in [6, 6.07) is 1.64. The van der Waals surface area contributed by atoms with Crippen LogP contribution in [0.25, 0.3) is 0 Å². The molecule has 1 atom stereocenters. The van der Waals surface area contributed by atoms with Gasteiger partial charge in [0.2, 0.25) is 0 Å². The number of amides is 2. The van der Waals surface area contributed by atoms with Crippen molar-refractivity contribution in [1.82, 2.24) is 15.5 Å². The first kappa shape index (κ1) is 14.6. The van der Waals surface area contributed by atoms with E-state index < -0.39 is 11.8 Å². The second-order valence-corrected chi connectivity index (χ2v) is 5.11. The molecule has 0 radical (unpaired) electrons. The number of hydrogen-bond donors (Lipinski definition) is 2. The van der Waals surface area contributed by atoms with Crippen LogP contribution in [0.1, 0.15) is 30.0 Å². The fourth-order valence-electron chi connectivity index (χ4n) is 2.43. The summed E-state index contributed by atoms with van der Waals surface area (Å²) < 4.78 is 5.44. The Kier molecular flexibility index (Phi) is 4.44. The molecule has 110 valence electrons. The van der Waals surface area contributed by atoms with Gasteiger partial charge in [0.05, 0.1) is 6.04 Å². The summed E-state index contributed by atoms with van der Waals surface area (Å²) in [6.45, 7) is 8.17. The Bertz CT molecular complexity index is 504. The second kappa shape index (κ2) is 6.09. The monoisotopic (exact) mass is 279 g/mol. The van der Waals surface area contributed by atoms with Crippen LogP contribution in [0.2, 0.25) is 0 Å². The summed E-state index contributed by atoms with van der Waals surface area (Å²) in [7, 11) is 0. The van der Waals surface area contributed by atoms with Crippen LogP contribution in [0, 0.1) is 13.8 Å². The molecule has 0 spiro atoms. The van der Waals surface area contributed by atoms with Crippen LogP contribution in [-0.4, -0.2) is 42.9 Å². The molecule has 1 unspecified atom stereocenters. The molecule has 1 aromatic heterocycles. The van der Waals surface area contributed by atoms with Crippen LogP contribution in [0.3, 0.4) is 0 Å². The van der Waals surface area contributed by atoms with Gasteiger partial charge in [0, 0.05) is 31.7 Å². The number of hydrogen-bond acceptors (Lipinski definition) is 4. The van der Waals surface area contributed by atoms with Gasteiger partial charge in [-0.05, 0) is 26.8 Å². The minimum absolute atomic E-state index is 0.244. The van der Waals surface area contributed by atoms with Gasteiger partial charge >= 0.3 is 11.8 Å². The predicted molar refractivity (Wildman–Crippen MR) is 74.2 cm³/mol. The minimum atomic E-state index is -0.558. The maximum absolute atomic E-state index is 12.0. The quantitative estimate of drug-likeness (QED) is 0.773. The van der Waals surface area contributed by atoms with Crippen molar-refractivity contribution in [1.29, 1.82) is 0 Å². The van der Waals surface area contributed by atoms with Crippen molar-refractivity contribution in [2.45, 2.75) is 26.8 Å². The first-order valence-electron chi connectivity index (χ1n) is 6.86. The van der Waals surface area contributed by atoms with Gasteiger partial charge in [-0.25, -0.2) is 0 Å². The minimum Gasteiger partial charge on any atom is -0.466 e. The third kappa shape index (κ3) is 3.19. The molecule has 1 fully saturated rings. The summed E-state index contributed by atoms with van der Waals surface area (Å²) in [6.07, 6.45) is 0. The topological polar surface area (TPSA) is 74.6 Å². The zero-order chi connectivity index (χ0) is 14.7. The van der Waals surface area contributed by atoms with Crippen LogP contribution in [-0.2, 0) is 9.59 Å². The molecule has 1 aromatic rings. The SMILES string of the molecule is Cc1cc(C(C)NC(=O)C(=O)N2CCNCC2)c(C)o1. The molecule has 1 aliphatic heterocycles. The lowest BCUT2D eigenvalue weighted by Crippen LogP contribution is -2.51. The summed E-state index contributed by atoms with van der Waals surface area (Å²) in [5, 5.41) is 5.88. The van der Waals surface area contributed by atoms with Crippen molar-refractivity contribution in [3.8, 4) is 0 Å². The van der Waals surface area contributed by atoms with E-state index in [0.717, 1.165) is 30.2 Å². The second-order valence-electron chi connectivity index (χ2n) is 5.11. The highest BCUT2D eigenvalue weighted by atomic mass is 16.3. The van der Waals surface area contributed by atoms with Gasteiger partial charge in [-0.15, -0.1) is 0 Å². The van der Waals surface area contributed by atoms with Crippen molar-refractivity contribution in [2.24, 2.45) is 0 Å². The molecule has 2 N–H and O–H groups in total. The Morgan fingerprint density at radius 3 is 2.55 bits per heavy atom. The van der Waals surface area contributed by atoms with Crippen LogP contribution in [0.5, 0.6) is 0 Å². The van der Waals surface area contributed by atoms with Gasteiger partial charge in [0.25, 0.3) is 0 Å². The number of aryl methyl sites for hydroxylation is 2. The van der Waals surface area contributed by atoms with E-state index >= 15 is 0 Å². The number of rotatable bonds is 2. The molecule has 6 nitrogen and oxygen atoms in total. The predicted octanol–water partition coefficient (Wildman–Crippen LogP) is 0.505. The van der Waals surface area contributed by atoms with Gasteiger partial charge in [0.15, 0.2) is 0 Å². The summed E-state index contributed by atoms with van der Waals surface area (Å²) in [5.41, 5.74) is 0.906. The highest BCUT2D eigenvalue weighted by molar-refractivity contribution is 6.35. The zero-order valence-electron chi connectivity index (χ0n) is 12.2. The number of nitrogens with zero attached hydrogens (tertiary/aromatic N) is 1. The lowest BCUT2D eigenvalue weighted by molar-refractivity contribution is -0.146. The number of piperazine rings is 1. The number of furan rings is 1. The zero-order valence-corrected chi connectivity index (χ0v) is 12.2. The highest BCUT2D eigenvalue weighted by Gasteiger charge is 2.25. The third-order valence-electron chi connectivity index (χ3n) is 3.49. The molecule has 6 heteroatoms.